The van der Waals surface area contributed by atoms with E-state index in [1.807, 2.05) is 13.8 Å². The summed E-state index contributed by atoms with van der Waals surface area (Å²) in [5.41, 5.74) is 0. The Bertz CT molecular complexity index is 404. The van der Waals surface area contributed by atoms with Gasteiger partial charge in [-0.25, -0.2) is 0 Å². The predicted octanol–water partition coefficient (Wildman–Crippen LogP) is 2.91. The molecule has 7 heteroatoms. The van der Waals surface area contributed by atoms with Gasteiger partial charge >= 0.3 is 17.9 Å². The van der Waals surface area contributed by atoms with Gasteiger partial charge in [0.1, 0.15) is 12.2 Å². The zero-order valence-corrected chi connectivity index (χ0v) is 15.0. The molecule has 0 heterocycles. The normalized spacial score (nSPS) is 12.3. The monoisotopic (exact) mass is 346 g/mol. The Balaban J connectivity index is 0. The minimum Gasteiger partial charge on any atom is -0.481 e. The van der Waals surface area contributed by atoms with E-state index >= 15 is 0 Å². The van der Waals surface area contributed by atoms with Crippen molar-refractivity contribution < 1.29 is 34.1 Å². The molecule has 0 spiro atoms. The number of hydrogen-bond donors (Lipinski definition) is 2. The molecule has 0 aromatic heterocycles. The van der Waals surface area contributed by atoms with Crippen molar-refractivity contribution in [3.8, 4) is 0 Å². The van der Waals surface area contributed by atoms with Crippen LogP contribution in [0.2, 0.25) is 0 Å². The lowest BCUT2D eigenvalue weighted by Crippen LogP contribution is -2.28. The van der Waals surface area contributed by atoms with E-state index in [1.165, 1.54) is 0 Å². The Kier molecular flexibility index (Phi) is 14.9. The molecule has 2 N–H and O–H groups in total. The molecule has 0 aromatic carbocycles. The lowest BCUT2D eigenvalue weighted by atomic mass is 9.92. The highest BCUT2D eigenvalue weighted by molar-refractivity contribution is 5.94. The number of unbranched alkanes of at least 4 members (excludes halogenated alkanes) is 1. The number of carbonyl (C=O) groups excluding carboxylic acids is 2. The Morgan fingerprint density at radius 2 is 1.58 bits per heavy atom. The Labute approximate surface area is 143 Å². The van der Waals surface area contributed by atoms with E-state index in [0.717, 1.165) is 19.3 Å². The summed E-state index contributed by atoms with van der Waals surface area (Å²) < 4.78 is 4.97. The van der Waals surface area contributed by atoms with Crippen LogP contribution in [0.15, 0.2) is 0 Å². The summed E-state index contributed by atoms with van der Waals surface area (Å²) in [7, 11) is 0. The van der Waals surface area contributed by atoms with Crippen molar-refractivity contribution in [3.05, 3.63) is 0 Å². The van der Waals surface area contributed by atoms with E-state index in [9.17, 15) is 19.2 Å². The molecule has 0 aromatic rings. The first-order valence-corrected chi connectivity index (χ1v) is 8.33. The molecule has 0 radical (unpaired) electrons. The summed E-state index contributed by atoms with van der Waals surface area (Å²) in [6.07, 6.45) is 3.01. The van der Waals surface area contributed by atoms with E-state index in [1.54, 1.807) is 13.8 Å². The zero-order valence-electron chi connectivity index (χ0n) is 15.0. The second-order valence-corrected chi connectivity index (χ2v) is 5.52. The van der Waals surface area contributed by atoms with Gasteiger partial charge in [0.15, 0.2) is 0 Å². The molecule has 24 heavy (non-hydrogen) atoms. The summed E-state index contributed by atoms with van der Waals surface area (Å²) >= 11 is 0. The fraction of sp³-hybridized carbons (Fsp3) is 0.765. The maximum Gasteiger partial charge on any atom is 0.310 e. The third kappa shape index (κ3) is 12.6. The molecule has 0 bridgehead atoms. The molecule has 2 unspecified atom stereocenters. The second-order valence-electron chi connectivity index (χ2n) is 5.52. The molecule has 140 valence electrons. The number of Topliss-reactive ketones (excluding diaryl/α,β-unsaturated/α-hetero) is 1. The highest BCUT2D eigenvalue weighted by Crippen LogP contribution is 2.17. The zero-order chi connectivity index (χ0) is 19.1. The van der Waals surface area contributed by atoms with Gasteiger partial charge in [0, 0.05) is 6.42 Å². The van der Waals surface area contributed by atoms with Crippen molar-refractivity contribution in [2.45, 2.75) is 66.2 Å². The largest absolute Gasteiger partial charge is 0.481 e. The number of aliphatic carboxylic acids is 2. The minimum absolute atomic E-state index is 0.190. The van der Waals surface area contributed by atoms with E-state index in [4.69, 9.17) is 14.9 Å². The van der Waals surface area contributed by atoms with E-state index in [2.05, 4.69) is 0 Å². The number of carboxylic acid groups (broad SMARTS) is 2. The number of ketones is 1. The molecule has 0 aliphatic heterocycles. The van der Waals surface area contributed by atoms with Crippen LogP contribution in [0.4, 0.5) is 0 Å². The van der Waals surface area contributed by atoms with Crippen LogP contribution in [-0.4, -0.2) is 40.5 Å². The first-order chi connectivity index (χ1) is 11.2. The van der Waals surface area contributed by atoms with Gasteiger partial charge in [-0.2, -0.15) is 0 Å². The van der Waals surface area contributed by atoms with Gasteiger partial charge < -0.3 is 14.9 Å². The van der Waals surface area contributed by atoms with Crippen LogP contribution >= 0.6 is 0 Å². The topological polar surface area (TPSA) is 118 Å². The molecule has 7 nitrogen and oxygen atoms in total. The molecule has 0 saturated carbocycles. The standard InChI is InChI=1S/C11H20O4.C6H10O3/c1-4-6-7-15-11(14)8(3)9(5-2)10(12)13;1-2-3-5(7)4-6(8)9/h8-9H,4-7H2,1-3H3,(H,12,13);2-4H2,1H3,(H,8,9). The quantitative estimate of drug-likeness (QED) is 0.335. The van der Waals surface area contributed by atoms with Gasteiger partial charge in [-0.1, -0.05) is 34.1 Å². The Morgan fingerprint density at radius 1 is 1.00 bits per heavy atom. The summed E-state index contributed by atoms with van der Waals surface area (Å²) in [6.45, 7) is 7.60. The van der Waals surface area contributed by atoms with Crippen molar-refractivity contribution in [1.29, 1.82) is 0 Å². The van der Waals surface area contributed by atoms with Crippen molar-refractivity contribution >= 4 is 23.7 Å². The first kappa shape index (κ1) is 24.3. The van der Waals surface area contributed by atoms with Gasteiger partial charge in [0.25, 0.3) is 0 Å². The molecule has 0 aliphatic carbocycles. The van der Waals surface area contributed by atoms with Crippen LogP contribution in [0.1, 0.15) is 66.2 Å². The van der Waals surface area contributed by atoms with Crippen LogP contribution in [0.5, 0.6) is 0 Å². The smallest absolute Gasteiger partial charge is 0.310 e. The number of hydrogen-bond acceptors (Lipinski definition) is 5. The van der Waals surface area contributed by atoms with Crippen molar-refractivity contribution in [2.24, 2.45) is 11.8 Å². The van der Waals surface area contributed by atoms with Crippen LogP contribution in [0.25, 0.3) is 0 Å². The lowest BCUT2D eigenvalue weighted by Gasteiger charge is -2.17. The molecular weight excluding hydrogens is 316 g/mol. The van der Waals surface area contributed by atoms with Gasteiger partial charge in [-0.05, 0) is 19.3 Å². The van der Waals surface area contributed by atoms with Crippen LogP contribution in [0, 0.1) is 11.8 Å². The molecule has 0 fully saturated rings. The third-order valence-electron chi connectivity index (χ3n) is 3.35. The van der Waals surface area contributed by atoms with E-state index in [-0.39, 0.29) is 12.2 Å². The summed E-state index contributed by atoms with van der Waals surface area (Å²) in [5, 5.41) is 16.9. The fourth-order valence-electron chi connectivity index (χ4n) is 1.89. The van der Waals surface area contributed by atoms with Gasteiger partial charge in [0.05, 0.1) is 18.4 Å². The predicted molar refractivity (Wildman–Crippen MR) is 88.6 cm³/mol. The van der Waals surface area contributed by atoms with Crippen molar-refractivity contribution in [2.75, 3.05) is 6.61 Å². The number of ether oxygens (including phenoxy) is 1. The highest BCUT2D eigenvalue weighted by Gasteiger charge is 2.29. The van der Waals surface area contributed by atoms with E-state index in [0.29, 0.717) is 19.4 Å². The third-order valence-corrected chi connectivity index (χ3v) is 3.35. The van der Waals surface area contributed by atoms with Gasteiger partial charge in [0.2, 0.25) is 0 Å². The molecule has 0 aliphatic rings. The molecule has 0 saturated heterocycles. The molecular formula is C17H30O7. The average molecular weight is 346 g/mol. The first-order valence-electron chi connectivity index (χ1n) is 8.33. The number of esters is 1. The highest BCUT2D eigenvalue weighted by atomic mass is 16.5. The number of carbonyl (C=O) groups is 4. The average Bonchev–Trinajstić information content (AvgIpc) is 2.47. The SMILES string of the molecule is CCCC(=O)CC(=O)O.CCCCOC(=O)C(C)C(CC)C(=O)O. The van der Waals surface area contributed by atoms with Crippen LogP contribution in [0.3, 0.4) is 0 Å². The van der Waals surface area contributed by atoms with Crippen molar-refractivity contribution in [1.82, 2.24) is 0 Å². The minimum atomic E-state index is -1.03. The van der Waals surface area contributed by atoms with Gasteiger partial charge in [-0.3, -0.25) is 19.2 Å². The second kappa shape index (κ2) is 14.7. The van der Waals surface area contributed by atoms with Crippen LogP contribution in [-0.2, 0) is 23.9 Å². The summed E-state index contributed by atoms with van der Waals surface area (Å²) in [6, 6.07) is 0. The van der Waals surface area contributed by atoms with E-state index < -0.39 is 29.7 Å². The molecule has 0 rings (SSSR count). The summed E-state index contributed by atoms with van der Waals surface area (Å²) in [4.78, 5) is 42.6. The molecule has 0 amide bonds. The number of carboxylic acids is 2. The Hall–Kier alpha value is -1.92. The van der Waals surface area contributed by atoms with Gasteiger partial charge in [-0.15, -0.1) is 0 Å². The van der Waals surface area contributed by atoms with Crippen molar-refractivity contribution in [3.63, 3.8) is 0 Å². The van der Waals surface area contributed by atoms with Crippen LogP contribution < -0.4 is 0 Å². The fourth-order valence-corrected chi connectivity index (χ4v) is 1.89. The summed E-state index contributed by atoms with van der Waals surface area (Å²) in [5.74, 6) is -3.77. The Morgan fingerprint density at radius 3 is 1.96 bits per heavy atom. The lowest BCUT2D eigenvalue weighted by molar-refractivity contribution is -0.157. The molecule has 2 atom stereocenters. The number of rotatable bonds is 11. The maximum absolute atomic E-state index is 11.4. The maximum atomic E-state index is 11.4.